The molecule has 0 aromatic heterocycles. The maximum atomic E-state index is 6.19. The van der Waals surface area contributed by atoms with Gasteiger partial charge < -0.3 is 15.4 Å². The highest BCUT2D eigenvalue weighted by molar-refractivity contribution is 6.30. The van der Waals surface area contributed by atoms with Crippen LogP contribution in [-0.2, 0) is 0 Å². The van der Waals surface area contributed by atoms with Gasteiger partial charge in [-0.1, -0.05) is 36.7 Å². The number of hydrogen-bond acceptors (Lipinski definition) is 3. The van der Waals surface area contributed by atoms with Crippen molar-refractivity contribution in [1.29, 1.82) is 0 Å². The molecule has 4 heteroatoms. The maximum Gasteiger partial charge on any atom is 0.124 e. The molecule has 2 aromatic carbocycles. The van der Waals surface area contributed by atoms with Crippen LogP contribution in [0.15, 0.2) is 48.5 Å². The molecular formula is C18H23ClN2O. The SMILES string of the molecule is CCCOc1ccc(Cl)cc1C(CN)N(C)c1ccccc1. The Kier molecular flexibility index (Phi) is 6.10. The van der Waals surface area contributed by atoms with Gasteiger partial charge in [-0.2, -0.15) is 0 Å². The van der Waals surface area contributed by atoms with Gasteiger partial charge in [-0.25, -0.2) is 0 Å². The van der Waals surface area contributed by atoms with Gasteiger partial charge in [-0.15, -0.1) is 0 Å². The minimum absolute atomic E-state index is 0.00737. The molecule has 0 aliphatic heterocycles. The van der Waals surface area contributed by atoms with Crippen molar-refractivity contribution >= 4 is 17.3 Å². The van der Waals surface area contributed by atoms with Crippen molar-refractivity contribution in [3.05, 3.63) is 59.1 Å². The van der Waals surface area contributed by atoms with E-state index in [9.17, 15) is 0 Å². The van der Waals surface area contributed by atoms with Gasteiger partial charge in [0.25, 0.3) is 0 Å². The van der Waals surface area contributed by atoms with Crippen LogP contribution in [0.25, 0.3) is 0 Å². The van der Waals surface area contributed by atoms with Crippen LogP contribution in [0.4, 0.5) is 5.69 Å². The molecule has 0 saturated heterocycles. The normalized spacial score (nSPS) is 12.0. The summed E-state index contributed by atoms with van der Waals surface area (Å²) < 4.78 is 5.87. The van der Waals surface area contributed by atoms with Crippen molar-refractivity contribution in [1.82, 2.24) is 0 Å². The van der Waals surface area contributed by atoms with Crippen molar-refractivity contribution in [3.63, 3.8) is 0 Å². The molecule has 3 nitrogen and oxygen atoms in total. The molecule has 2 rings (SSSR count). The Morgan fingerprint density at radius 3 is 2.55 bits per heavy atom. The summed E-state index contributed by atoms with van der Waals surface area (Å²) in [5, 5.41) is 0.693. The molecule has 0 fully saturated rings. The summed E-state index contributed by atoms with van der Waals surface area (Å²) in [5.41, 5.74) is 8.18. The van der Waals surface area contributed by atoms with Gasteiger partial charge in [-0.05, 0) is 36.8 Å². The average Bonchev–Trinajstić information content (AvgIpc) is 2.55. The number of ether oxygens (including phenoxy) is 1. The zero-order chi connectivity index (χ0) is 15.9. The number of likely N-dealkylation sites (N-methyl/N-ethyl adjacent to an activating group) is 1. The maximum absolute atomic E-state index is 6.19. The molecule has 1 unspecified atom stereocenters. The number of anilines is 1. The Morgan fingerprint density at radius 1 is 1.18 bits per heavy atom. The smallest absolute Gasteiger partial charge is 0.124 e. The highest BCUT2D eigenvalue weighted by Gasteiger charge is 2.20. The van der Waals surface area contributed by atoms with E-state index in [1.165, 1.54) is 0 Å². The van der Waals surface area contributed by atoms with Crippen LogP contribution in [-0.4, -0.2) is 20.2 Å². The first-order valence-corrected chi connectivity index (χ1v) is 7.95. The largest absolute Gasteiger partial charge is 0.493 e. The third-order valence-electron chi connectivity index (χ3n) is 3.65. The number of benzene rings is 2. The molecule has 0 bridgehead atoms. The standard InChI is InChI=1S/C18H23ClN2O/c1-3-11-22-18-10-9-14(19)12-16(18)17(13-20)21(2)15-7-5-4-6-8-15/h4-10,12,17H,3,11,13,20H2,1-2H3. The highest BCUT2D eigenvalue weighted by atomic mass is 35.5. The zero-order valence-electron chi connectivity index (χ0n) is 13.1. The average molecular weight is 319 g/mol. The van der Waals surface area contributed by atoms with E-state index in [2.05, 4.69) is 24.0 Å². The fraction of sp³-hybridized carbons (Fsp3) is 0.333. The molecule has 0 aliphatic carbocycles. The van der Waals surface area contributed by atoms with Gasteiger partial charge in [0.15, 0.2) is 0 Å². The van der Waals surface area contributed by atoms with E-state index < -0.39 is 0 Å². The van der Waals surface area contributed by atoms with Gasteiger partial charge >= 0.3 is 0 Å². The second kappa shape index (κ2) is 8.06. The van der Waals surface area contributed by atoms with Crippen LogP contribution in [0.3, 0.4) is 0 Å². The number of para-hydroxylation sites is 1. The van der Waals surface area contributed by atoms with E-state index in [4.69, 9.17) is 22.1 Å². The van der Waals surface area contributed by atoms with Crippen LogP contribution < -0.4 is 15.4 Å². The van der Waals surface area contributed by atoms with E-state index in [1.807, 2.05) is 43.4 Å². The first-order chi connectivity index (χ1) is 10.7. The van der Waals surface area contributed by atoms with Crippen LogP contribution in [0.1, 0.15) is 24.9 Å². The van der Waals surface area contributed by atoms with Gasteiger partial charge in [0, 0.05) is 29.9 Å². The lowest BCUT2D eigenvalue weighted by Gasteiger charge is -2.30. The summed E-state index contributed by atoms with van der Waals surface area (Å²) in [4.78, 5) is 2.16. The molecule has 0 aliphatic rings. The van der Waals surface area contributed by atoms with Crippen LogP contribution in [0, 0.1) is 0 Å². The highest BCUT2D eigenvalue weighted by Crippen LogP contribution is 2.33. The summed E-state index contributed by atoms with van der Waals surface area (Å²) in [6.45, 7) is 3.25. The summed E-state index contributed by atoms with van der Waals surface area (Å²) >= 11 is 6.19. The lowest BCUT2D eigenvalue weighted by atomic mass is 10.0. The van der Waals surface area contributed by atoms with Gasteiger partial charge in [0.2, 0.25) is 0 Å². The lowest BCUT2D eigenvalue weighted by Crippen LogP contribution is -2.30. The Bertz CT molecular complexity index is 589. The Labute approximate surface area is 137 Å². The second-order valence-electron chi connectivity index (χ2n) is 5.23. The van der Waals surface area contributed by atoms with Crippen LogP contribution >= 0.6 is 11.6 Å². The number of rotatable bonds is 7. The van der Waals surface area contributed by atoms with Gasteiger partial charge in [-0.3, -0.25) is 0 Å². The molecule has 0 radical (unpaired) electrons. The van der Waals surface area contributed by atoms with E-state index in [0.29, 0.717) is 18.2 Å². The van der Waals surface area contributed by atoms with Crippen molar-refractivity contribution in [2.24, 2.45) is 5.73 Å². The summed E-state index contributed by atoms with van der Waals surface area (Å²) in [7, 11) is 2.04. The molecule has 2 N–H and O–H groups in total. The number of nitrogens with two attached hydrogens (primary N) is 1. The van der Waals surface area contributed by atoms with E-state index in [1.54, 1.807) is 0 Å². The fourth-order valence-electron chi connectivity index (χ4n) is 2.46. The molecule has 2 aromatic rings. The fourth-order valence-corrected chi connectivity index (χ4v) is 2.64. The molecule has 1 atom stereocenters. The number of nitrogens with zero attached hydrogens (tertiary/aromatic N) is 1. The minimum atomic E-state index is 0.00737. The number of hydrogen-bond donors (Lipinski definition) is 1. The van der Waals surface area contributed by atoms with Crippen molar-refractivity contribution in [2.45, 2.75) is 19.4 Å². The Hall–Kier alpha value is -1.71. The molecule has 0 spiro atoms. The van der Waals surface area contributed by atoms with E-state index in [-0.39, 0.29) is 6.04 Å². The monoisotopic (exact) mass is 318 g/mol. The molecule has 22 heavy (non-hydrogen) atoms. The van der Waals surface area contributed by atoms with E-state index >= 15 is 0 Å². The Morgan fingerprint density at radius 2 is 1.91 bits per heavy atom. The van der Waals surface area contributed by atoms with Crippen molar-refractivity contribution in [3.8, 4) is 5.75 Å². The predicted molar refractivity (Wildman–Crippen MR) is 93.9 cm³/mol. The summed E-state index contributed by atoms with van der Waals surface area (Å²) in [6.07, 6.45) is 0.962. The van der Waals surface area contributed by atoms with Gasteiger partial charge in [0.05, 0.1) is 12.6 Å². The summed E-state index contributed by atoms with van der Waals surface area (Å²) in [6, 6.07) is 15.9. The molecule has 0 saturated carbocycles. The molecule has 0 heterocycles. The quantitative estimate of drug-likeness (QED) is 0.828. The second-order valence-corrected chi connectivity index (χ2v) is 5.66. The third-order valence-corrected chi connectivity index (χ3v) is 3.88. The topological polar surface area (TPSA) is 38.5 Å². The van der Waals surface area contributed by atoms with Crippen LogP contribution in [0.2, 0.25) is 5.02 Å². The number of halogens is 1. The molecule has 118 valence electrons. The van der Waals surface area contributed by atoms with Gasteiger partial charge in [0.1, 0.15) is 5.75 Å². The van der Waals surface area contributed by atoms with E-state index in [0.717, 1.165) is 23.4 Å². The lowest BCUT2D eigenvalue weighted by molar-refractivity contribution is 0.312. The Balaban J connectivity index is 2.35. The third kappa shape index (κ3) is 3.93. The molecule has 0 amide bonds. The van der Waals surface area contributed by atoms with Crippen LogP contribution in [0.5, 0.6) is 5.75 Å². The predicted octanol–water partition coefficient (Wildman–Crippen LogP) is 4.27. The van der Waals surface area contributed by atoms with Crippen molar-refractivity contribution in [2.75, 3.05) is 25.1 Å². The zero-order valence-corrected chi connectivity index (χ0v) is 13.9. The first kappa shape index (κ1) is 16.7. The first-order valence-electron chi connectivity index (χ1n) is 7.57. The molecular weight excluding hydrogens is 296 g/mol. The van der Waals surface area contributed by atoms with Crippen molar-refractivity contribution < 1.29 is 4.74 Å². The minimum Gasteiger partial charge on any atom is -0.493 e. The summed E-state index contributed by atoms with van der Waals surface area (Å²) in [5.74, 6) is 0.851.